The molecular weight excluding hydrogens is 328 g/mol. The van der Waals surface area contributed by atoms with Gasteiger partial charge in [-0.2, -0.15) is 5.26 Å². The minimum Gasteiger partial charge on any atom is -0.478 e. The molecule has 0 amide bonds. The molecule has 0 saturated heterocycles. The van der Waals surface area contributed by atoms with Crippen LogP contribution < -0.4 is 0 Å². The maximum Gasteiger partial charge on any atom is 0.338 e. The number of hydrogen-bond donors (Lipinski definition) is 1. The highest BCUT2D eigenvalue weighted by Gasteiger charge is 2.14. The maximum atomic E-state index is 11.1. The van der Waals surface area contributed by atoms with Gasteiger partial charge in [-0.3, -0.25) is 0 Å². The molecule has 2 aromatic rings. The lowest BCUT2D eigenvalue weighted by atomic mass is 10.2. The summed E-state index contributed by atoms with van der Waals surface area (Å²) in [7, 11) is 0. The van der Waals surface area contributed by atoms with Gasteiger partial charge in [0, 0.05) is 15.6 Å². The van der Waals surface area contributed by atoms with Gasteiger partial charge < -0.3 is 5.11 Å². The Kier molecular flexibility index (Phi) is 4.20. The highest BCUT2D eigenvalue weighted by Crippen LogP contribution is 2.32. The van der Waals surface area contributed by atoms with E-state index < -0.39 is 5.97 Å². The van der Waals surface area contributed by atoms with Gasteiger partial charge in [-0.05, 0) is 30.3 Å². The van der Waals surface area contributed by atoms with Crippen LogP contribution >= 0.6 is 27.7 Å². The number of benzene rings is 1. The molecule has 0 radical (unpaired) electrons. The summed E-state index contributed by atoms with van der Waals surface area (Å²) in [6.07, 6.45) is 1.53. The van der Waals surface area contributed by atoms with Gasteiger partial charge in [-0.25, -0.2) is 9.78 Å². The predicted octanol–water partition coefficient (Wildman–Crippen LogP) is 3.57. The Morgan fingerprint density at radius 3 is 2.89 bits per heavy atom. The van der Waals surface area contributed by atoms with Crippen LogP contribution in [0.3, 0.4) is 0 Å². The predicted molar refractivity (Wildman–Crippen MR) is 74.2 cm³/mol. The van der Waals surface area contributed by atoms with Crippen molar-refractivity contribution in [2.45, 2.75) is 9.92 Å². The average Bonchev–Trinajstić information content (AvgIpc) is 2.39. The highest BCUT2D eigenvalue weighted by atomic mass is 79.9. The smallest absolute Gasteiger partial charge is 0.338 e. The fraction of sp³-hybridized carbons (Fsp3) is 0. The van der Waals surface area contributed by atoms with E-state index in [0.29, 0.717) is 15.5 Å². The molecule has 4 nitrogen and oxygen atoms in total. The number of hydrogen-bond acceptors (Lipinski definition) is 4. The summed E-state index contributed by atoms with van der Waals surface area (Å²) in [6.45, 7) is 0. The van der Waals surface area contributed by atoms with Gasteiger partial charge in [0.1, 0.15) is 11.1 Å². The second-order valence-corrected chi connectivity index (χ2v) is 5.46. The summed E-state index contributed by atoms with van der Waals surface area (Å²) in [5.41, 5.74) is 0.603. The molecule has 19 heavy (non-hydrogen) atoms. The Morgan fingerprint density at radius 2 is 2.21 bits per heavy atom. The summed E-state index contributed by atoms with van der Waals surface area (Å²) >= 11 is 4.49. The first-order valence-corrected chi connectivity index (χ1v) is 6.78. The van der Waals surface area contributed by atoms with Gasteiger partial charge in [0.25, 0.3) is 0 Å². The number of nitrogens with zero attached hydrogens (tertiary/aromatic N) is 2. The van der Waals surface area contributed by atoms with Gasteiger partial charge in [0.2, 0.25) is 0 Å². The van der Waals surface area contributed by atoms with Gasteiger partial charge in [0.05, 0.1) is 11.1 Å². The van der Waals surface area contributed by atoms with E-state index in [1.807, 2.05) is 0 Å². The van der Waals surface area contributed by atoms with E-state index in [2.05, 4.69) is 27.0 Å². The van der Waals surface area contributed by atoms with Gasteiger partial charge in [-0.1, -0.05) is 27.7 Å². The largest absolute Gasteiger partial charge is 0.478 e. The van der Waals surface area contributed by atoms with Crippen molar-refractivity contribution in [1.29, 1.82) is 5.26 Å². The van der Waals surface area contributed by atoms with Gasteiger partial charge in [-0.15, -0.1) is 0 Å². The Hall–Kier alpha value is -1.84. The Bertz CT molecular complexity index is 683. The van der Waals surface area contributed by atoms with E-state index in [0.717, 1.165) is 16.2 Å². The van der Waals surface area contributed by atoms with Crippen molar-refractivity contribution in [3.8, 4) is 6.07 Å². The molecule has 0 atom stereocenters. The van der Waals surface area contributed by atoms with E-state index in [9.17, 15) is 4.79 Å². The van der Waals surface area contributed by atoms with Crippen LogP contribution in [0.15, 0.2) is 50.9 Å². The molecule has 0 aliphatic carbocycles. The van der Waals surface area contributed by atoms with E-state index in [1.54, 1.807) is 24.3 Å². The van der Waals surface area contributed by atoms with Crippen molar-refractivity contribution in [3.05, 3.63) is 52.1 Å². The number of rotatable bonds is 3. The molecule has 6 heteroatoms. The number of aromatic nitrogens is 1. The number of carbonyl (C=O) groups is 1. The van der Waals surface area contributed by atoms with E-state index in [1.165, 1.54) is 12.3 Å². The zero-order valence-corrected chi connectivity index (χ0v) is 11.9. The third-order valence-electron chi connectivity index (χ3n) is 2.27. The van der Waals surface area contributed by atoms with Crippen LogP contribution in [0, 0.1) is 11.3 Å². The first-order valence-electron chi connectivity index (χ1n) is 5.17. The van der Waals surface area contributed by atoms with Crippen LogP contribution in [-0.2, 0) is 0 Å². The van der Waals surface area contributed by atoms with Crippen molar-refractivity contribution in [2.24, 2.45) is 0 Å². The average molecular weight is 335 g/mol. The van der Waals surface area contributed by atoms with Crippen molar-refractivity contribution in [1.82, 2.24) is 4.98 Å². The maximum absolute atomic E-state index is 11.1. The first kappa shape index (κ1) is 13.6. The number of carboxylic acid groups (broad SMARTS) is 1. The monoisotopic (exact) mass is 334 g/mol. The van der Waals surface area contributed by atoms with Crippen LogP contribution in [0.2, 0.25) is 0 Å². The lowest BCUT2D eigenvalue weighted by Gasteiger charge is -2.06. The topological polar surface area (TPSA) is 74.0 Å². The normalized spacial score (nSPS) is 9.89. The van der Waals surface area contributed by atoms with Gasteiger partial charge in [0.15, 0.2) is 0 Å². The van der Waals surface area contributed by atoms with Crippen LogP contribution in [0.25, 0.3) is 0 Å². The second-order valence-electron chi connectivity index (χ2n) is 3.52. The lowest BCUT2D eigenvalue weighted by Crippen LogP contribution is -2.00. The molecule has 1 heterocycles. The molecule has 0 aliphatic heterocycles. The highest BCUT2D eigenvalue weighted by molar-refractivity contribution is 9.10. The number of nitriles is 1. The third-order valence-corrected chi connectivity index (χ3v) is 3.84. The zero-order chi connectivity index (χ0) is 13.8. The molecule has 1 aromatic carbocycles. The molecule has 0 unspecified atom stereocenters. The first-order chi connectivity index (χ1) is 9.11. The van der Waals surface area contributed by atoms with E-state index in [-0.39, 0.29) is 5.56 Å². The Balaban J connectivity index is 2.45. The SMILES string of the molecule is N#Cc1ccc(Br)cc1Sc1ncccc1C(=O)O. The number of aromatic carboxylic acids is 1. The summed E-state index contributed by atoms with van der Waals surface area (Å²) in [5, 5.41) is 18.5. The second kappa shape index (κ2) is 5.87. The van der Waals surface area contributed by atoms with Crippen LogP contribution in [0.1, 0.15) is 15.9 Å². The summed E-state index contributed by atoms with van der Waals surface area (Å²) in [4.78, 5) is 15.8. The van der Waals surface area contributed by atoms with Gasteiger partial charge >= 0.3 is 5.97 Å². The van der Waals surface area contributed by atoms with Crippen LogP contribution in [-0.4, -0.2) is 16.1 Å². The molecule has 1 aromatic heterocycles. The van der Waals surface area contributed by atoms with Crippen molar-refractivity contribution < 1.29 is 9.90 Å². The minimum atomic E-state index is -1.04. The fourth-order valence-electron chi connectivity index (χ4n) is 1.41. The molecule has 0 bridgehead atoms. The molecule has 0 aliphatic rings. The quantitative estimate of drug-likeness (QED) is 0.928. The lowest BCUT2D eigenvalue weighted by molar-refractivity contribution is 0.0692. The molecule has 94 valence electrons. The molecule has 2 rings (SSSR count). The summed E-state index contributed by atoms with van der Waals surface area (Å²) in [5.74, 6) is -1.04. The minimum absolute atomic E-state index is 0.122. The number of halogens is 1. The molecular formula is C13H7BrN2O2S. The van der Waals surface area contributed by atoms with Crippen LogP contribution in [0.5, 0.6) is 0 Å². The third kappa shape index (κ3) is 3.13. The Morgan fingerprint density at radius 1 is 1.42 bits per heavy atom. The summed E-state index contributed by atoms with van der Waals surface area (Å²) < 4.78 is 0.821. The molecule has 0 saturated carbocycles. The number of carboxylic acids is 1. The van der Waals surface area contributed by atoms with E-state index in [4.69, 9.17) is 10.4 Å². The Labute approximate surface area is 122 Å². The van der Waals surface area contributed by atoms with Crippen molar-refractivity contribution in [2.75, 3.05) is 0 Å². The molecule has 1 N–H and O–H groups in total. The fourth-order valence-corrected chi connectivity index (χ4v) is 2.92. The standard InChI is InChI=1S/C13H7BrN2O2S/c14-9-4-3-8(7-15)11(6-9)19-12-10(13(17)18)2-1-5-16-12/h1-6H,(H,17,18). The van der Waals surface area contributed by atoms with Crippen molar-refractivity contribution in [3.63, 3.8) is 0 Å². The molecule has 0 spiro atoms. The zero-order valence-electron chi connectivity index (χ0n) is 9.50. The van der Waals surface area contributed by atoms with Crippen molar-refractivity contribution >= 4 is 33.7 Å². The summed E-state index contributed by atoms with van der Waals surface area (Å²) in [6, 6.07) is 10.3. The molecule has 0 fully saturated rings. The van der Waals surface area contributed by atoms with Crippen LogP contribution in [0.4, 0.5) is 0 Å². The number of pyridine rings is 1. The van der Waals surface area contributed by atoms with E-state index >= 15 is 0 Å².